The minimum Gasteiger partial charge on any atom is -0.444 e. The maximum atomic E-state index is 12.5. The molecule has 0 heterocycles. The van der Waals surface area contributed by atoms with Gasteiger partial charge in [0.05, 0.1) is 0 Å². The topological polar surface area (TPSA) is 76.4 Å². The summed E-state index contributed by atoms with van der Waals surface area (Å²) in [5.74, 6) is 0.412. The van der Waals surface area contributed by atoms with E-state index in [1.165, 1.54) is 11.1 Å². The van der Waals surface area contributed by atoms with Crippen LogP contribution in [0.15, 0.2) is 60.7 Å². The first-order chi connectivity index (χ1) is 16.6. The molecule has 194 valence electrons. The van der Waals surface area contributed by atoms with Crippen molar-refractivity contribution in [1.82, 2.24) is 10.6 Å². The summed E-state index contributed by atoms with van der Waals surface area (Å²) < 4.78 is 5.53. The molecule has 0 aliphatic rings. The van der Waals surface area contributed by atoms with Crippen LogP contribution >= 0.6 is 0 Å². The van der Waals surface area contributed by atoms with Crippen LogP contribution in [0.2, 0.25) is 0 Å². The van der Waals surface area contributed by atoms with E-state index < -0.39 is 5.60 Å². The third-order valence-corrected chi connectivity index (χ3v) is 6.33. The smallest absolute Gasteiger partial charge is 0.407 e. The van der Waals surface area contributed by atoms with E-state index in [4.69, 9.17) is 10.5 Å². The highest BCUT2D eigenvalue weighted by molar-refractivity contribution is 5.68. The Balaban J connectivity index is 2.01. The van der Waals surface area contributed by atoms with Crippen LogP contribution in [-0.4, -0.2) is 36.4 Å². The number of rotatable bonds is 14. The highest BCUT2D eigenvalue weighted by atomic mass is 16.6. The first-order valence-corrected chi connectivity index (χ1v) is 13.2. The van der Waals surface area contributed by atoms with Crippen LogP contribution in [0.5, 0.6) is 0 Å². The molecule has 5 nitrogen and oxygen atoms in total. The lowest BCUT2D eigenvalue weighted by Crippen LogP contribution is -2.47. The predicted octanol–water partition coefficient (Wildman–Crippen LogP) is 5.87. The zero-order valence-corrected chi connectivity index (χ0v) is 22.4. The number of aryl methyl sites for hydroxylation is 2. The molecule has 5 heteroatoms. The summed E-state index contributed by atoms with van der Waals surface area (Å²) >= 11 is 0. The summed E-state index contributed by atoms with van der Waals surface area (Å²) in [4.78, 5) is 12.5. The van der Waals surface area contributed by atoms with Crippen molar-refractivity contribution in [3.05, 3.63) is 71.8 Å². The summed E-state index contributed by atoms with van der Waals surface area (Å²) in [5.41, 5.74) is 8.49. The first-order valence-electron chi connectivity index (χ1n) is 13.2. The zero-order chi connectivity index (χ0) is 25.7. The molecular formula is C30H47N3O2. The van der Waals surface area contributed by atoms with E-state index in [1.807, 2.05) is 20.8 Å². The molecule has 1 unspecified atom stereocenters. The van der Waals surface area contributed by atoms with Crippen LogP contribution in [0.4, 0.5) is 4.79 Å². The molecule has 0 aliphatic carbocycles. The van der Waals surface area contributed by atoms with Crippen LogP contribution in [0.25, 0.3) is 0 Å². The predicted molar refractivity (Wildman–Crippen MR) is 147 cm³/mol. The Morgan fingerprint density at radius 1 is 0.829 bits per heavy atom. The molecule has 0 saturated heterocycles. The Morgan fingerprint density at radius 3 is 1.80 bits per heavy atom. The molecule has 4 N–H and O–H groups in total. The third kappa shape index (κ3) is 12.8. The van der Waals surface area contributed by atoms with Crippen molar-refractivity contribution in [1.29, 1.82) is 0 Å². The molecule has 1 amide bonds. The first kappa shape index (κ1) is 28.9. The summed E-state index contributed by atoms with van der Waals surface area (Å²) in [7, 11) is 0. The van der Waals surface area contributed by atoms with Gasteiger partial charge in [-0.1, -0.05) is 74.5 Å². The molecule has 2 atom stereocenters. The van der Waals surface area contributed by atoms with E-state index in [-0.39, 0.29) is 18.2 Å². The Bertz CT molecular complexity index is 790. The van der Waals surface area contributed by atoms with Crippen LogP contribution in [0, 0.1) is 5.92 Å². The quantitative estimate of drug-likeness (QED) is 0.315. The fourth-order valence-electron chi connectivity index (χ4n) is 4.05. The maximum absolute atomic E-state index is 12.5. The minimum absolute atomic E-state index is 0.0365. The van der Waals surface area contributed by atoms with Crippen molar-refractivity contribution < 1.29 is 9.53 Å². The van der Waals surface area contributed by atoms with E-state index >= 15 is 0 Å². The van der Waals surface area contributed by atoms with Gasteiger partial charge in [-0.3, -0.25) is 0 Å². The van der Waals surface area contributed by atoms with Crippen molar-refractivity contribution in [3.8, 4) is 0 Å². The van der Waals surface area contributed by atoms with E-state index in [0.29, 0.717) is 18.5 Å². The number of hydrogen-bond donors (Lipinski definition) is 3. The Labute approximate surface area is 213 Å². The summed E-state index contributed by atoms with van der Waals surface area (Å²) in [6, 6.07) is 21.7. The van der Waals surface area contributed by atoms with Gasteiger partial charge in [0, 0.05) is 24.7 Å². The highest BCUT2D eigenvalue weighted by Crippen LogP contribution is 2.14. The van der Waals surface area contributed by atoms with Crippen LogP contribution < -0.4 is 16.4 Å². The highest BCUT2D eigenvalue weighted by Gasteiger charge is 2.21. The van der Waals surface area contributed by atoms with Crippen LogP contribution in [0.3, 0.4) is 0 Å². The Morgan fingerprint density at radius 2 is 1.34 bits per heavy atom. The summed E-state index contributed by atoms with van der Waals surface area (Å²) in [6.07, 6.45) is 5.44. The lowest BCUT2D eigenvalue weighted by Gasteiger charge is -2.27. The fraction of sp³-hybridized carbons (Fsp3) is 0.567. The number of amides is 1. The molecule has 0 aromatic heterocycles. The van der Waals surface area contributed by atoms with Gasteiger partial charge in [0.25, 0.3) is 0 Å². The van der Waals surface area contributed by atoms with Gasteiger partial charge in [0.2, 0.25) is 0 Å². The molecular weight excluding hydrogens is 434 g/mol. The molecule has 2 rings (SSSR count). The monoisotopic (exact) mass is 481 g/mol. The molecule has 0 bridgehead atoms. The number of alkyl carbamates (subject to hydrolysis) is 1. The molecule has 0 aliphatic heterocycles. The van der Waals surface area contributed by atoms with Crippen molar-refractivity contribution >= 4 is 6.09 Å². The van der Waals surface area contributed by atoms with E-state index in [1.54, 1.807) is 0 Å². The Kier molecular flexibility index (Phi) is 12.3. The molecule has 0 saturated carbocycles. The van der Waals surface area contributed by atoms with Crippen LogP contribution in [-0.2, 0) is 17.6 Å². The number of nitrogens with one attached hydrogen (secondary N) is 2. The van der Waals surface area contributed by atoms with Gasteiger partial charge >= 0.3 is 6.09 Å². The summed E-state index contributed by atoms with van der Waals surface area (Å²) in [6.45, 7) is 10.6. The van der Waals surface area contributed by atoms with E-state index in [0.717, 1.165) is 38.5 Å². The minimum atomic E-state index is -0.524. The van der Waals surface area contributed by atoms with Gasteiger partial charge in [-0.05, 0) is 76.3 Å². The van der Waals surface area contributed by atoms with Gasteiger partial charge in [0.15, 0.2) is 0 Å². The molecule has 0 radical (unpaired) electrons. The lowest BCUT2D eigenvalue weighted by atomic mass is 9.96. The number of carbonyl (C=O) groups excluding carboxylic acids is 1. The summed E-state index contributed by atoms with van der Waals surface area (Å²) in [5, 5.41) is 6.86. The number of nitrogens with two attached hydrogens (primary N) is 1. The van der Waals surface area contributed by atoms with Gasteiger partial charge in [0.1, 0.15) is 5.60 Å². The zero-order valence-electron chi connectivity index (χ0n) is 22.4. The molecule has 0 spiro atoms. The standard InChI is InChI=1S/C30H47N3O2/c1-23(2)28(31)21-20-27(33-29(34)35-30(3,4)5)22-32-26(18-16-24-12-8-6-9-13-24)19-17-25-14-10-7-11-15-25/h6-15,23,26-28,32H,16-22,31H2,1-5H3,(H,33,34)/t27-,28?/m0/s1. The van der Waals surface area contributed by atoms with Gasteiger partial charge in [-0.25, -0.2) is 4.79 Å². The molecule has 2 aromatic carbocycles. The maximum Gasteiger partial charge on any atom is 0.407 e. The third-order valence-electron chi connectivity index (χ3n) is 6.33. The van der Waals surface area contributed by atoms with Crippen molar-refractivity contribution in [2.24, 2.45) is 11.7 Å². The normalized spacial score (nSPS) is 13.6. The van der Waals surface area contributed by atoms with Gasteiger partial charge in [-0.15, -0.1) is 0 Å². The molecule has 2 aromatic rings. The second kappa shape index (κ2) is 14.9. The number of ether oxygens (including phenoxy) is 1. The van der Waals surface area contributed by atoms with Gasteiger partial charge < -0.3 is 21.1 Å². The number of carbonyl (C=O) groups is 1. The van der Waals surface area contributed by atoms with Crippen molar-refractivity contribution in [3.63, 3.8) is 0 Å². The SMILES string of the molecule is CC(C)C(N)CC[C@@H](CNC(CCc1ccccc1)CCc1ccccc1)NC(=O)OC(C)(C)C. The molecule has 0 fully saturated rings. The van der Waals surface area contributed by atoms with Crippen molar-refractivity contribution in [2.75, 3.05) is 6.54 Å². The lowest BCUT2D eigenvalue weighted by molar-refractivity contribution is 0.0499. The average molecular weight is 482 g/mol. The molecule has 35 heavy (non-hydrogen) atoms. The average Bonchev–Trinajstić information content (AvgIpc) is 2.81. The second-order valence-corrected chi connectivity index (χ2v) is 11.0. The Hall–Kier alpha value is -2.37. The van der Waals surface area contributed by atoms with Crippen molar-refractivity contribution in [2.45, 2.75) is 96.9 Å². The number of hydrogen-bond acceptors (Lipinski definition) is 4. The van der Waals surface area contributed by atoms with E-state index in [2.05, 4.69) is 85.1 Å². The van der Waals surface area contributed by atoms with Gasteiger partial charge in [-0.2, -0.15) is 0 Å². The van der Waals surface area contributed by atoms with Crippen LogP contribution in [0.1, 0.15) is 71.4 Å². The fourth-order valence-corrected chi connectivity index (χ4v) is 4.05. The second-order valence-electron chi connectivity index (χ2n) is 11.0. The largest absolute Gasteiger partial charge is 0.444 e. The number of benzene rings is 2. The van der Waals surface area contributed by atoms with E-state index in [9.17, 15) is 4.79 Å².